The highest BCUT2D eigenvalue weighted by Crippen LogP contribution is 2.16. The Balaban J connectivity index is 2.60. The lowest BCUT2D eigenvalue weighted by Crippen LogP contribution is -2.27. The van der Waals surface area contributed by atoms with E-state index >= 15 is 0 Å². The summed E-state index contributed by atoms with van der Waals surface area (Å²) in [6, 6.07) is 8.61. The molecule has 78 valence electrons. The first kappa shape index (κ1) is 11.2. The summed E-state index contributed by atoms with van der Waals surface area (Å²) < 4.78 is 0. The van der Waals surface area contributed by atoms with Gasteiger partial charge in [0.1, 0.15) is 0 Å². The molecule has 1 aromatic rings. The van der Waals surface area contributed by atoms with Crippen LogP contribution in [0.3, 0.4) is 0 Å². The van der Waals surface area contributed by atoms with E-state index in [9.17, 15) is 0 Å². The normalized spacial score (nSPS) is 15.1. The van der Waals surface area contributed by atoms with E-state index in [4.69, 9.17) is 5.11 Å². The van der Waals surface area contributed by atoms with E-state index in [1.165, 1.54) is 11.1 Å². The van der Waals surface area contributed by atoms with Crippen LogP contribution in [0.1, 0.15) is 31.0 Å². The van der Waals surface area contributed by atoms with Gasteiger partial charge in [-0.15, -0.1) is 0 Å². The molecular formula is C12H19NO. The Bertz CT molecular complexity index is 283. The molecule has 0 bridgehead atoms. The maximum absolute atomic E-state index is 9.15. The summed E-state index contributed by atoms with van der Waals surface area (Å²) in [6.45, 7) is 6.65. The van der Waals surface area contributed by atoms with Gasteiger partial charge < -0.3 is 10.4 Å². The molecule has 0 aliphatic rings. The van der Waals surface area contributed by atoms with Crippen LogP contribution >= 0.6 is 0 Å². The number of hydrogen-bond donors (Lipinski definition) is 2. The minimum absolute atomic E-state index is 0.290. The molecule has 0 aliphatic carbocycles. The molecule has 0 aromatic heterocycles. The maximum Gasteiger partial charge on any atom is 0.0636 e. The lowest BCUT2D eigenvalue weighted by Gasteiger charge is -2.17. The van der Waals surface area contributed by atoms with Crippen LogP contribution in [0, 0.1) is 6.92 Å². The zero-order valence-corrected chi connectivity index (χ0v) is 9.12. The van der Waals surface area contributed by atoms with E-state index in [1.807, 2.05) is 12.1 Å². The quantitative estimate of drug-likeness (QED) is 0.767. The summed E-state index contributed by atoms with van der Waals surface area (Å²) in [5.74, 6) is 0. The van der Waals surface area contributed by atoms with Crippen molar-refractivity contribution in [3.63, 3.8) is 0 Å². The number of aliphatic hydroxyl groups excluding tert-OH is 1. The highest BCUT2D eigenvalue weighted by Gasteiger charge is 2.07. The smallest absolute Gasteiger partial charge is 0.0636 e. The first-order valence-electron chi connectivity index (χ1n) is 5.08. The maximum atomic E-state index is 9.15. The van der Waals surface area contributed by atoms with Crippen molar-refractivity contribution >= 4 is 0 Å². The lowest BCUT2D eigenvalue weighted by molar-refractivity contribution is 0.187. The van der Waals surface area contributed by atoms with Crippen LogP contribution in [0.5, 0.6) is 0 Å². The third-order valence-electron chi connectivity index (χ3n) is 2.37. The van der Waals surface area contributed by atoms with Crippen molar-refractivity contribution < 1.29 is 5.11 Å². The molecule has 1 rings (SSSR count). The Labute approximate surface area is 86.0 Å². The zero-order chi connectivity index (χ0) is 10.6. The van der Waals surface area contributed by atoms with Gasteiger partial charge in [-0.2, -0.15) is 0 Å². The fourth-order valence-electron chi connectivity index (χ4n) is 1.53. The fourth-order valence-corrected chi connectivity index (χ4v) is 1.53. The first-order valence-corrected chi connectivity index (χ1v) is 5.08. The van der Waals surface area contributed by atoms with Crippen LogP contribution in [0.15, 0.2) is 24.3 Å². The van der Waals surface area contributed by atoms with Crippen LogP contribution in [-0.2, 0) is 0 Å². The second kappa shape index (κ2) is 5.13. The van der Waals surface area contributed by atoms with Crippen molar-refractivity contribution in [1.29, 1.82) is 0 Å². The summed E-state index contributed by atoms with van der Waals surface area (Å²) in [6.07, 6.45) is -0.290. The van der Waals surface area contributed by atoms with Gasteiger partial charge in [-0.25, -0.2) is 0 Å². The minimum atomic E-state index is -0.290. The number of benzene rings is 1. The molecule has 2 atom stereocenters. The minimum Gasteiger partial charge on any atom is -0.392 e. The van der Waals surface area contributed by atoms with E-state index in [0.717, 1.165) is 0 Å². The van der Waals surface area contributed by atoms with Gasteiger partial charge in [0.25, 0.3) is 0 Å². The van der Waals surface area contributed by atoms with Gasteiger partial charge in [0.2, 0.25) is 0 Å². The Morgan fingerprint density at radius 1 is 1.29 bits per heavy atom. The third-order valence-corrected chi connectivity index (χ3v) is 2.37. The Morgan fingerprint density at radius 2 is 1.93 bits per heavy atom. The van der Waals surface area contributed by atoms with Crippen molar-refractivity contribution in [2.24, 2.45) is 0 Å². The second-order valence-corrected chi connectivity index (χ2v) is 3.84. The largest absolute Gasteiger partial charge is 0.392 e. The van der Waals surface area contributed by atoms with Crippen LogP contribution in [0.25, 0.3) is 0 Å². The first-order chi connectivity index (χ1) is 6.61. The monoisotopic (exact) mass is 193 g/mol. The predicted molar refractivity (Wildman–Crippen MR) is 59.3 cm³/mol. The van der Waals surface area contributed by atoms with Crippen LogP contribution < -0.4 is 5.32 Å². The summed E-state index contributed by atoms with van der Waals surface area (Å²) >= 11 is 0. The van der Waals surface area contributed by atoms with Crippen molar-refractivity contribution in [3.8, 4) is 0 Å². The molecule has 0 fully saturated rings. The standard InChI is InChI=1S/C12H19NO/c1-9-6-4-5-7-12(9)11(3)13-8-10(2)14/h4-7,10-11,13-14H,8H2,1-3H3/t10-,11-/m1/s1. The van der Waals surface area contributed by atoms with E-state index in [1.54, 1.807) is 6.92 Å². The third kappa shape index (κ3) is 3.13. The average molecular weight is 193 g/mol. The van der Waals surface area contributed by atoms with Gasteiger partial charge in [0.05, 0.1) is 6.10 Å². The number of hydrogen-bond acceptors (Lipinski definition) is 2. The number of rotatable bonds is 4. The molecule has 0 radical (unpaired) electrons. The van der Waals surface area contributed by atoms with Gasteiger partial charge in [-0.3, -0.25) is 0 Å². The second-order valence-electron chi connectivity index (χ2n) is 3.84. The van der Waals surface area contributed by atoms with Crippen LogP contribution in [0.2, 0.25) is 0 Å². The van der Waals surface area contributed by atoms with E-state index in [-0.39, 0.29) is 6.10 Å². The molecule has 2 heteroatoms. The Hall–Kier alpha value is -0.860. The SMILES string of the molecule is Cc1ccccc1[C@@H](C)NC[C@@H](C)O. The average Bonchev–Trinajstić information content (AvgIpc) is 2.15. The van der Waals surface area contributed by atoms with E-state index in [0.29, 0.717) is 12.6 Å². The molecule has 0 saturated heterocycles. The molecule has 0 heterocycles. The highest BCUT2D eigenvalue weighted by molar-refractivity contribution is 5.28. The van der Waals surface area contributed by atoms with Gasteiger partial charge in [0, 0.05) is 12.6 Å². The van der Waals surface area contributed by atoms with Gasteiger partial charge >= 0.3 is 0 Å². The Kier molecular flexibility index (Phi) is 4.11. The molecule has 2 N–H and O–H groups in total. The van der Waals surface area contributed by atoms with E-state index < -0.39 is 0 Å². The summed E-state index contributed by atoms with van der Waals surface area (Å²) in [4.78, 5) is 0. The topological polar surface area (TPSA) is 32.3 Å². The van der Waals surface area contributed by atoms with Crippen molar-refractivity contribution in [3.05, 3.63) is 35.4 Å². The molecular weight excluding hydrogens is 174 g/mol. The van der Waals surface area contributed by atoms with E-state index in [2.05, 4.69) is 31.3 Å². The van der Waals surface area contributed by atoms with Crippen molar-refractivity contribution in [2.45, 2.75) is 32.9 Å². The number of nitrogens with one attached hydrogen (secondary N) is 1. The number of aliphatic hydroxyl groups is 1. The van der Waals surface area contributed by atoms with Crippen LogP contribution in [0.4, 0.5) is 0 Å². The number of aryl methyl sites for hydroxylation is 1. The fraction of sp³-hybridized carbons (Fsp3) is 0.500. The van der Waals surface area contributed by atoms with Crippen molar-refractivity contribution in [1.82, 2.24) is 5.32 Å². The summed E-state index contributed by atoms with van der Waals surface area (Å²) in [7, 11) is 0. The van der Waals surface area contributed by atoms with Gasteiger partial charge in [0.15, 0.2) is 0 Å². The molecule has 2 nitrogen and oxygen atoms in total. The van der Waals surface area contributed by atoms with Crippen molar-refractivity contribution in [2.75, 3.05) is 6.54 Å². The van der Waals surface area contributed by atoms with Crippen LogP contribution in [-0.4, -0.2) is 17.8 Å². The molecule has 0 aliphatic heterocycles. The highest BCUT2D eigenvalue weighted by atomic mass is 16.3. The van der Waals surface area contributed by atoms with Gasteiger partial charge in [-0.1, -0.05) is 24.3 Å². The molecule has 0 amide bonds. The molecule has 1 aromatic carbocycles. The predicted octanol–water partition coefficient (Wildman–Crippen LogP) is 2.03. The summed E-state index contributed by atoms with van der Waals surface area (Å²) in [5.41, 5.74) is 2.59. The molecule has 0 unspecified atom stereocenters. The Morgan fingerprint density at radius 3 is 2.50 bits per heavy atom. The molecule has 14 heavy (non-hydrogen) atoms. The van der Waals surface area contributed by atoms with Gasteiger partial charge in [-0.05, 0) is 31.9 Å². The zero-order valence-electron chi connectivity index (χ0n) is 9.12. The lowest BCUT2D eigenvalue weighted by atomic mass is 10.0. The molecule has 0 spiro atoms. The molecule has 0 saturated carbocycles. The summed E-state index contributed by atoms with van der Waals surface area (Å²) in [5, 5.41) is 12.4.